The number of hydrogen-bond acceptors (Lipinski definition) is 2. The maximum absolute atomic E-state index is 8.58. The molecule has 0 bridgehead atoms. The van der Waals surface area contributed by atoms with Crippen molar-refractivity contribution in [2.75, 3.05) is 13.2 Å². The summed E-state index contributed by atoms with van der Waals surface area (Å²) in [5.41, 5.74) is 3.29. The van der Waals surface area contributed by atoms with Crippen molar-refractivity contribution in [2.45, 2.75) is 13.8 Å². The van der Waals surface area contributed by atoms with Gasteiger partial charge in [-0.15, -0.1) is 0 Å². The van der Waals surface area contributed by atoms with Gasteiger partial charge in [-0.25, -0.2) is 0 Å². The van der Waals surface area contributed by atoms with Crippen LogP contribution < -0.4 is 4.74 Å². The number of aliphatic hydroxyl groups excluding tert-OH is 1. The Kier molecular flexibility index (Phi) is 3.32. The van der Waals surface area contributed by atoms with Gasteiger partial charge in [0.05, 0.1) is 6.61 Å². The number of benzene rings is 1. The molecule has 1 N–H and O–H groups in total. The SMILES string of the molecule is [CH2]c1c(C)cc(OCCO)cc1C. The van der Waals surface area contributed by atoms with E-state index in [0.717, 1.165) is 22.4 Å². The quantitative estimate of drug-likeness (QED) is 0.767. The van der Waals surface area contributed by atoms with Crippen LogP contribution in [0.1, 0.15) is 16.7 Å². The highest BCUT2D eigenvalue weighted by molar-refractivity contribution is 5.42. The Morgan fingerprint density at radius 3 is 2.31 bits per heavy atom. The Morgan fingerprint density at radius 2 is 1.85 bits per heavy atom. The molecule has 0 unspecified atom stereocenters. The molecule has 2 heteroatoms. The molecule has 1 radical (unpaired) electrons. The molecule has 1 aromatic rings. The van der Waals surface area contributed by atoms with Crippen LogP contribution in [0, 0.1) is 20.8 Å². The molecule has 1 rings (SSSR count). The number of aliphatic hydroxyl groups is 1. The second-order valence-electron chi connectivity index (χ2n) is 3.11. The molecule has 0 fully saturated rings. The van der Waals surface area contributed by atoms with Gasteiger partial charge in [0.15, 0.2) is 0 Å². The normalized spacial score (nSPS) is 10.2. The van der Waals surface area contributed by atoms with Crippen LogP contribution in [0.4, 0.5) is 0 Å². The first-order valence-electron chi connectivity index (χ1n) is 4.32. The van der Waals surface area contributed by atoms with E-state index in [9.17, 15) is 0 Å². The molecular formula is C11H15O2. The minimum Gasteiger partial charge on any atom is -0.491 e. The van der Waals surface area contributed by atoms with Crippen LogP contribution >= 0.6 is 0 Å². The molecule has 71 valence electrons. The van der Waals surface area contributed by atoms with Gasteiger partial charge in [-0.2, -0.15) is 0 Å². The van der Waals surface area contributed by atoms with Crippen molar-refractivity contribution in [3.8, 4) is 5.75 Å². The highest BCUT2D eigenvalue weighted by Crippen LogP contribution is 2.20. The van der Waals surface area contributed by atoms with E-state index in [1.54, 1.807) is 0 Å². The highest BCUT2D eigenvalue weighted by atomic mass is 16.5. The molecule has 0 spiro atoms. The number of hydrogen-bond donors (Lipinski definition) is 1. The lowest BCUT2D eigenvalue weighted by Gasteiger charge is -2.09. The fourth-order valence-corrected chi connectivity index (χ4v) is 1.20. The predicted molar refractivity (Wildman–Crippen MR) is 53.0 cm³/mol. The third kappa shape index (κ3) is 2.46. The molecule has 0 atom stereocenters. The van der Waals surface area contributed by atoms with Gasteiger partial charge in [-0.05, 0) is 49.6 Å². The average molecular weight is 179 g/mol. The Bertz CT molecular complexity index is 269. The van der Waals surface area contributed by atoms with Crippen molar-refractivity contribution in [2.24, 2.45) is 0 Å². The van der Waals surface area contributed by atoms with Gasteiger partial charge in [-0.1, -0.05) is 0 Å². The Balaban J connectivity index is 2.86. The number of ether oxygens (including phenoxy) is 1. The highest BCUT2D eigenvalue weighted by Gasteiger charge is 2.01. The number of aryl methyl sites for hydroxylation is 2. The first-order valence-corrected chi connectivity index (χ1v) is 4.32. The van der Waals surface area contributed by atoms with Gasteiger partial charge >= 0.3 is 0 Å². The van der Waals surface area contributed by atoms with Gasteiger partial charge in [0.25, 0.3) is 0 Å². The molecule has 2 nitrogen and oxygen atoms in total. The lowest BCUT2D eigenvalue weighted by atomic mass is 10.0. The van der Waals surface area contributed by atoms with Crippen molar-refractivity contribution in [1.82, 2.24) is 0 Å². The van der Waals surface area contributed by atoms with E-state index in [1.807, 2.05) is 26.0 Å². The second-order valence-corrected chi connectivity index (χ2v) is 3.11. The molecule has 0 heterocycles. The fraction of sp³-hybridized carbons (Fsp3) is 0.364. The summed E-state index contributed by atoms with van der Waals surface area (Å²) in [4.78, 5) is 0. The Morgan fingerprint density at radius 1 is 1.31 bits per heavy atom. The van der Waals surface area contributed by atoms with Crippen molar-refractivity contribution in [3.63, 3.8) is 0 Å². The standard InChI is InChI=1S/C11H15O2/c1-8-6-11(13-5-4-12)7-9(2)10(8)3/h6-7,12H,3-5H2,1-2H3. The first-order chi connectivity index (χ1) is 6.15. The van der Waals surface area contributed by atoms with Crippen LogP contribution in [0.25, 0.3) is 0 Å². The zero-order valence-electron chi connectivity index (χ0n) is 8.13. The van der Waals surface area contributed by atoms with E-state index in [1.165, 1.54) is 0 Å². The van der Waals surface area contributed by atoms with Crippen LogP contribution in [0.5, 0.6) is 5.75 Å². The van der Waals surface area contributed by atoms with E-state index < -0.39 is 0 Å². The summed E-state index contributed by atoms with van der Waals surface area (Å²) in [5, 5.41) is 8.58. The third-order valence-corrected chi connectivity index (χ3v) is 2.03. The lowest BCUT2D eigenvalue weighted by molar-refractivity contribution is 0.201. The number of rotatable bonds is 3. The van der Waals surface area contributed by atoms with Crippen LogP contribution in [0.3, 0.4) is 0 Å². The fourth-order valence-electron chi connectivity index (χ4n) is 1.20. The Hall–Kier alpha value is -1.02. The molecule has 0 saturated carbocycles. The average Bonchev–Trinajstić information content (AvgIpc) is 2.10. The van der Waals surface area contributed by atoms with Crippen LogP contribution in [-0.4, -0.2) is 18.3 Å². The monoisotopic (exact) mass is 179 g/mol. The molecular weight excluding hydrogens is 164 g/mol. The minimum absolute atomic E-state index is 0.0459. The van der Waals surface area contributed by atoms with Gasteiger partial charge in [-0.3, -0.25) is 0 Å². The van der Waals surface area contributed by atoms with Crippen molar-refractivity contribution in [1.29, 1.82) is 0 Å². The second kappa shape index (κ2) is 4.28. The first kappa shape index (κ1) is 10.1. The molecule has 0 aliphatic rings. The Labute approximate surface area is 79.2 Å². The van der Waals surface area contributed by atoms with Crippen LogP contribution in [0.2, 0.25) is 0 Å². The maximum Gasteiger partial charge on any atom is 0.119 e. The largest absolute Gasteiger partial charge is 0.491 e. The van der Waals surface area contributed by atoms with E-state index >= 15 is 0 Å². The summed E-state index contributed by atoms with van der Waals surface area (Å²) in [6, 6.07) is 3.87. The van der Waals surface area contributed by atoms with E-state index in [2.05, 4.69) is 6.92 Å². The summed E-state index contributed by atoms with van der Waals surface area (Å²) in [5.74, 6) is 0.802. The van der Waals surface area contributed by atoms with Crippen molar-refractivity contribution >= 4 is 0 Å². The van der Waals surface area contributed by atoms with Gasteiger partial charge in [0, 0.05) is 0 Å². The molecule has 1 aromatic carbocycles. The van der Waals surface area contributed by atoms with Gasteiger partial charge in [0.2, 0.25) is 0 Å². The van der Waals surface area contributed by atoms with E-state index in [0.29, 0.717) is 6.61 Å². The molecule has 0 aliphatic heterocycles. The maximum atomic E-state index is 8.58. The van der Waals surface area contributed by atoms with Crippen molar-refractivity contribution < 1.29 is 9.84 Å². The van der Waals surface area contributed by atoms with E-state index in [4.69, 9.17) is 9.84 Å². The van der Waals surface area contributed by atoms with Gasteiger partial charge in [0.1, 0.15) is 12.4 Å². The van der Waals surface area contributed by atoms with Gasteiger partial charge < -0.3 is 9.84 Å². The topological polar surface area (TPSA) is 29.5 Å². The zero-order valence-corrected chi connectivity index (χ0v) is 8.13. The molecule has 0 aliphatic carbocycles. The minimum atomic E-state index is 0.0459. The summed E-state index contributed by atoms with van der Waals surface area (Å²) < 4.78 is 5.29. The van der Waals surface area contributed by atoms with Crippen LogP contribution in [0.15, 0.2) is 12.1 Å². The summed E-state index contributed by atoms with van der Waals surface area (Å²) in [6.45, 7) is 8.33. The summed E-state index contributed by atoms with van der Waals surface area (Å²) >= 11 is 0. The summed E-state index contributed by atoms with van der Waals surface area (Å²) in [6.07, 6.45) is 0. The molecule has 0 aromatic heterocycles. The smallest absolute Gasteiger partial charge is 0.119 e. The molecule has 0 saturated heterocycles. The lowest BCUT2D eigenvalue weighted by Crippen LogP contribution is -2.02. The third-order valence-electron chi connectivity index (χ3n) is 2.03. The zero-order chi connectivity index (χ0) is 9.84. The van der Waals surface area contributed by atoms with E-state index in [-0.39, 0.29) is 6.61 Å². The predicted octanol–water partition coefficient (Wildman–Crippen LogP) is 1.86. The molecule has 0 amide bonds. The van der Waals surface area contributed by atoms with Crippen LogP contribution in [-0.2, 0) is 0 Å². The summed E-state index contributed by atoms with van der Waals surface area (Å²) in [7, 11) is 0. The molecule has 13 heavy (non-hydrogen) atoms. The van der Waals surface area contributed by atoms with Crippen molar-refractivity contribution in [3.05, 3.63) is 35.7 Å².